The van der Waals surface area contributed by atoms with Crippen LogP contribution in [0.1, 0.15) is 13.8 Å². The molecule has 0 atom stereocenters. The molecule has 4 heteroatoms. The lowest BCUT2D eigenvalue weighted by molar-refractivity contribution is 0.251. The molecule has 0 aliphatic carbocycles. The number of hydrogen-bond acceptors (Lipinski definition) is 4. The molecule has 0 aliphatic heterocycles. The molecule has 15 heavy (non-hydrogen) atoms. The number of rotatable bonds is 4. The van der Waals surface area contributed by atoms with Gasteiger partial charge in [0.05, 0.1) is 13.2 Å². The van der Waals surface area contributed by atoms with Gasteiger partial charge < -0.3 is 13.9 Å². The van der Waals surface area contributed by atoms with Gasteiger partial charge >= 0.3 is 6.08 Å². The van der Waals surface area contributed by atoms with Gasteiger partial charge in [-0.1, -0.05) is 6.07 Å². The van der Waals surface area contributed by atoms with Gasteiger partial charge in [-0.25, -0.2) is 0 Å². The Morgan fingerprint density at radius 1 is 1.20 bits per heavy atom. The van der Waals surface area contributed by atoms with Crippen LogP contribution < -0.4 is 9.47 Å². The van der Waals surface area contributed by atoms with Crippen molar-refractivity contribution in [2.45, 2.75) is 13.8 Å². The first-order valence-corrected chi connectivity index (χ1v) is 5.00. The van der Waals surface area contributed by atoms with E-state index in [4.69, 9.17) is 13.9 Å². The number of para-hydroxylation sites is 1. The molecule has 0 saturated heterocycles. The van der Waals surface area contributed by atoms with E-state index in [9.17, 15) is 0 Å². The summed E-state index contributed by atoms with van der Waals surface area (Å²) in [5.74, 6) is 0.727. The molecule has 0 amide bonds. The van der Waals surface area contributed by atoms with Gasteiger partial charge in [-0.3, -0.25) is 0 Å². The zero-order chi connectivity index (χ0) is 10.7. The topological polar surface area (TPSA) is 44.5 Å². The van der Waals surface area contributed by atoms with E-state index < -0.39 is 0 Å². The summed E-state index contributed by atoms with van der Waals surface area (Å²) in [6, 6.07) is 5.58. The molecule has 0 radical (unpaired) electrons. The average Bonchev–Trinajstić information content (AvgIpc) is 2.62. The van der Waals surface area contributed by atoms with Crippen molar-refractivity contribution in [3.05, 3.63) is 18.2 Å². The summed E-state index contributed by atoms with van der Waals surface area (Å²) in [7, 11) is 0. The molecule has 1 heterocycles. The monoisotopic (exact) mass is 207 g/mol. The van der Waals surface area contributed by atoms with E-state index in [1.807, 2.05) is 32.0 Å². The first-order valence-electron chi connectivity index (χ1n) is 5.00. The van der Waals surface area contributed by atoms with Crippen LogP contribution in [-0.2, 0) is 0 Å². The van der Waals surface area contributed by atoms with E-state index in [0.717, 1.165) is 5.75 Å². The van der Waals surface area contributed by atoms with Crippen LogP contribution in [0.15, 0.2) is 22.6 Å². The van der Waals surface area contributed by atoms with E-state index in [1.165, 1.54) is 0 Å². The van der Waals surface area contributed by atoms with E-state index in [1.54, 1.807) is 0 Å². The predicted molar refractivity (Wildman–Crippen MR) is 56.3 cm³/mol. The highest BCUT2D eigenvalue weighted by molar-refractivity contribution is 5.80. The van der Waals surface area contributed by atoms with Gasteiger partial charge in [0.25, 0.3) is 0 Å². The van der Waals surface area contributed by atoms with Crippen molar-refractivity contribution >= 4 is 11.1 Å². The van der Waals surface area contributed by atoms with Crippen LogP contribution in [-0.4, -0.2) is 18.2 Å². The summed E-state index contributed by atoms with van der Waals surface area (Å²) in [5, 5.41) is 0. The lowest BCUT2D eigenvalue weighted by atomic mass is 10.3. The Kier molecular flexibility index (Phi) is 2.76. The summed E-state index contributed by atoms with van der Waals surface area (Å²) in [6.07, 6.45) is 0.291. The van der Waals surface area contributed by atoms with Gasteiger partial charge in [-0.05, 0) is 26.0 Å². The van der Waals surface area contributed by atoms with Gasteiger partial charge in [0.15, 0.2) is 11.1 Å². The molecule has 0 N–H and O–H groups in total. The van der Waals surface area contributed by atoms with Crippen LogP contribution in [0.2, 0.25) is 0 Å². The Balaban J connectivity index is 2.44. The fourth-order valence-corrected chi connectivity index (χ4v) is 1.36. The molecule has 1 aromatic heterocycles. The van der Waals surface area contributed by atoms with E-state index in [2.05, 4.69) is 4.98 Å². The number of aromatic nitrogens is 1. The van der Waals surface area contributed by atoms with Crippen LogP contribution >= 0.6 is 0 Å². The standard InChI is InChI=1S/C11H13NO3/c1-3-13-8-6-5-7-9-10(8)12-11(15-9)14-4-2/h5-7H,3-4H2,1-2H3. The Morgan fingerprint density at radius 2 is 2.00 bits per heavy atom. The second-order valence-electron chi connectivity index (χ2n) is 2.95. The molecule has 4 nitrogen and oxygen atoms in total. The molecule has 2 rings (SSSR count). The molecule has 0 unspecified atom stereocenters. The maximum atomic E-state index is 5.43. The largest absolute Gasteiger partial charge is 0.491 e. The molecular weight excluding hydrogens is 194 g/mol. The van der Waals surface area contributed by atoms with Crippen molar-refractivity contribution < 1.29 is 13.9 Å². The molecule has 80 valence electrons. The fraction of sp³-hybridized carbons (Fsp3) is 0.364. The molecule has 0 aliphatic rings. The first-order chi connectivity index (χ1) is 7.35. The molecule has 0 spiro atoms. The Morgan fingerprint density at radius 3 is 2.73 bits per heavy atom. The van der Waals surface area contributed by atoms with Gasteiger partial charge in [-0.15, -0.1) is 0 Å². The number of fused-ring (bicyclic) bond motifs is 1. The smallest absolute Gasteiger partial charge is 0.394 e. The van der Waals surface area contributed by atoms with Gasteiger partial charge in [-0.2, -0.15) is 4.98 Å². The molecule has 0 bridgehead atoms. The number of benzene rings is 1. The van der Waals surface area contributed by atoms with Crippen molar-refractivity contribution in [1.82, 2.24) is 4.98 Å². The number of ether oxygens (including phenoxy) is 2. The minimum atomic E-state index is 0.291. The van der Waals surface area contributed by atoms with Crippen molar-refractivity contribution in [3.8, 4) is 11.8 Å². The third-order valence-electron chi connectivity index (χ3n) is 1.93. The van der Waals surface area contributed by atoms with Crippen molar-refractivity contribution in [3.63, 3.8) is 0 Å². The molecule has 0 fully saturated rings. The summed E-state index contributed by atoms with van der Waals surface area (Å²) in [6.45, 7) is 4.97. The minimum Gasteiger partial charge on any atom is -0.491 e. The maximum Gasteiger partial charge on any atom is 0.394 e. The Labute approximate surface area is 87.8 Å². The molecule has 0 saturated carbocycles. The summed E-state index contributed by atoms with van der Waals surface area (Å²) >= 11 is 0. The second-order valence-corrected chi connectivity index (χ2v) is 2.95. The number of oxazole rings is 1. The maximum absolute atomic E-state index is 5.43. The van der Waals surface area contributed by atoms with Gasteiger partial charge in [0.1, 0.15) is 5.75 Å². The van der Waals surface area contributed by atoms with Gasteiger partial charge in [0.2, 0.25) is 0 Å². The zero-order valence-corrected chi connectivity index (χ0v) is 8.82. The van der Waals surface area contributed by atoms with Crippen LogP contribution in [0.4, 0.5) is 0 Å². The number of nitrogens with zero attached hydrogens (tertiary/aromatic N) is 1. The fourth-order valence-electron chi connectivity index (χ4n) is 1.36. The van der Waals surface area contributed by atoms with Crippen molar-refractivity contribution in [2.24, 2.45) is 0 Å². The summed E-state index contributed by atoms with van der Waals surface area (Å²) in [4.78, 5) is 4.21. The third-order valence-corrected chi connectivity index (χ3v) is 1.93. The van der Waals surface area contributed by atoms with Gasteiger partial charge in [0, 0.05) is 0 Å². The highest BCUT2D eigenvalue weighted by Gasteiger charge is 2.10. The molecular formula is C11H13NO3. The summed E-state index contributed by atoms with van der Waals surface area (Å²) < 4.78 is 16.0. The lowest BCUT2D eigenvalue weighted by Crippen LogP contribution is -1.92. The minimum absolute atomic E-state index is 0.291. The van der Waals surface area contributed by atoms with Crippen molar-refractivity contribution in [1.29, 1.82) is 0 Å². The average molecular weight is 207 g/mol. The number of hydrogen-bond donors (Lipinski definition) is 0. The highest BCUT2D eigenvalue weighted by Crippen LogP contribution is 2.28. The van der Waals surface area contributed by atoms with E-state index in [-0.39, 0.29) is 0 Å². The Hall–Kier alpha value is -1.71. The zero-order valence-electron chi connectivity index (χ0n) is 8.82. The van der Waals surface area contributed by atoms with Crippen LogP contribution in [0, 0.1) is 0 Å². The van der Waals surface area contributed by atoms with Crippen LogP contribution in [0.5, 0.6) is 11.8 Å². The van der Waals surface area contributed by atoms with Crippen LogP contribution in [0.3, 0.4) is 0 Å². The summed E-state index contributed by atoms with van der Waals surface area (Å²) in [5.41, 5.74) is 1.40. The van der Waals surface area contributed by atoms with E-state index >= 15 is 0 Å². The Bertz CT molecular complexity index is 450. The quantitative estimate of drug-likeness (QED) is 0.773. The van der Waals surface area contributed by atoms with Crippen LogP contribution in [0.25, 0.3) is 11.1 Å². The van der Waals surface area contributed by atoms with E-state index in [0.29, 0.717) is 30.4 Å². The first kappa shape index (κ1) is 9.83. The molecule has 1 aromatic carbocycles. The molecule has 2 aromatic rings. The lowest BCUT2D eigenvalue weighted by Gasteiger charge is -2.00. The predicted octanol–water partition coefficient (Wildman–Crippen LogP) is 2.63. The SMILES string of the molecule is CCOc1nc2c(OCC)cccc2o1. The van der Waals surface area contributed by atoms with Crippen molar-refractivity contribution in [2.75, 3.05) is 13.2 Å². The second kappa shape index (κ2) is 4.21. The highest BCUT2D eigenvalue weighted by atomic mass is 16.6. The third kappa shape index (κ3) is 1.88. The normalized spacial score (nSPS) is 10.5.